The van der Waals surface area contributed by atoms with E-state index in [1.807, 2.05) is 29.4 Å². The molecule has 0 spiro atoms. The van der Waals surface area contributed by atoms with Crippen LogP contribution in [0.4, 0.5) is 0 Å². The zero-order chi connectivity index (χ0) is 15.4. The molecule has 0 N–H and O–H groups in total. The second kappa shape index (κ2) is 7.09. The Kier molecular flexibility index (Phi) is 4.93. The maximum absolute atomic E-state index is 12.9. The van der Waals surface area contributed by atoms with E-state index in [1.54, 1.807) is 24.1 Å². The largest absolute Gasteiger partial charge is 0.467 e. The standard InChI is InChI=1S/C17H21NO3S/c1-22-12-13-8-9-16(21-13)17(19)18-10-4-2-3-6-14(18)15-7-5-11-20-15/h5,7-9,11,14H,2-4,6,10,12H2,1H3. The van der Waals surface area contributed by atoms with Crippen molar-refractivity contribution in [2.45, 2.75) is 37.5 Å². The fraction of sp³-hybridized carbons (Fsp3) is 0.471. The lowest BCUT2D eigenvalue weighted by molar-refractivity contribution is 0.0624. The zero-order valence-corrected chi connectivity index (χ0v) is 13.6. The number of furan rings is 2. The van der Waals surface area contributed by atoms with E-state index in [4.69, 9.17) is 8.83 Å². The summed E-state index contributed by atoms with van der Waals surface area (Å²) in [6, 6.07) is 7.53. The van der Waals surface area contributed by atoms with E-state index >= 15 is 0 Å². The highest BCUT2D eigenvalue weighted by molar-refractivity contribution is 7.97. The van der Waals surface area contributed by atoms with Crippen LogP contribution in [0.3, 0.4) is 0 Å². The third-order valence-corrected chi connectivity index (χ3v) is 4.62. The van der Waals surface area contributed by atoms with Crippen LogP contribution >= 0.6 is 11.8 Å². The summed E-state index contributed by atoms with van der Waals surface area (Å²) in [7, 11) is 0. The van der Waals surface area contributed by atoms with Crippen LogP contribution in [0.15, 0.2) is 39.4 Å². The molecule has 3 rings (SSSR count). The van der Waals surface area contributed by atoms with E-state index in [9.17, 15) is 4.79 Å². The van der Waals surface area contributed by atoms with Gasteiger partial charge in [-0.25, -0.2) is 0 Å². The highest BCUT2D eigenvalue weighted by atomic mass is 32.2. The molecule has 0 aromatic carbocycles. The Balaban J connectivity index is 1.83. The van der Waals surface area contributed by atoms with E-state index in [0.717, 1.165) is 49.5 Å². The minimum Gasteiger partial charge on any atom is -0.467 e. The van der Waals surface area contributed by atoms with Gasteiger partial charge in [0.15, 0.2) is 5.76 Å². The normalized spacial score (nSPS) is 19.1. The molecule has 1 amide bonds. The Bertz CT molecular complexity index is 605. The first-order valence-electron chi connectivity index (χ1n) is 7.71. The Morgan fingerprint density at radius 2 is 2.23 bits per heavy atom. The molecule has 1 atom stereocenters. The Hall–Kier alpha value is -1.62. The van der Waals surface area contributed by atoms with E-state index in [2.05, 4.69) is 0 Å². The van der Waals surface area contributed by atoms with Crippen molar-refractivity contribution in [1.29, 1.82) is 0 Å². The second-order valence-electron chi connectivity index (χ2n) is 5.58. The first-order chi connectivity index (χ1) is 10.8. The average Bonchev–Trinajstić information content (AvgIpc) is 3.15. The van der Waals surface area contributed by atoms with Crippen molar-refractivity contribution >= 4 is 17.7 Å². The van der Waals surface area contributed by atoms with Crippen molar-refractivity contribution < 1.29 is 13.6 Å². The fourth-order valence-electron chi connectivity index (χ4n) is 2.98. The molecule has 2 aromatic heterocycles. The SMILES string of the molecule is CSCc1ccc(C(=O)N2CCCCCC2c2ccco2)o1. The van der Waals surface area contributed by atoms with Crippen molar-refractivity contribution in [2.75, 3.05) is 12.8 Å². The summed E-state index contributed by atoms with van der Waals surface area (Å²) >= 11 is 1.68. The first-order valence-corrected chi connectivity index (χ1v) is 9.11. The van der Waals surface area contributed by atoms with Crippen LogP contribution in [0.5, 0.6) is 0 Å². The van der Waals surface area contributed by atoms with Gasteiger partial charge in [0.1, 0.15) is 11.5 Å². The third kappa shape index (κ3) is 3.24. The van der Waals surface area contributed by atoms with E-state index in [1.165, 1.54) is 0 Å². The van der Waals surface area contributed by atoms with Crippen LogP contribution in [-0.2, 0) is 5.75 Å². The summed E-state index contributed by atoms with van der Waals surface area (Å²) in [5.74, 6) is 2.90. The van der Waals surface area contributed by atoms with E-state index in [0.29, 0.717) is 5.76 Å². The van der Waals surface area contributed by atoms with Gasteiger partial charge >= 0.3 is 0 Å². The maximum atomic E-state index is 12.9. The lowest BCUT2D eigenvalue weighted by Crippen LogP contribution is -2.34. The molecule has 1 saturated heterocycles. The predicted molar refractivity (Wildman–Crippen MR) is 86.9 cm³/mol. The molecule has 2 aromatic rings. The first kappa shape index (κ1) is 15.3. The fourth-order valence-corrected chi connectivity index (χ4v) is 3.42. The van der Waals surface area contributed by atoms with Gasteiger partial charge < -0.3 is 13.7 Å². The van der Waals surface area contributed by atoms with Gasteiger partial charge in [0.2, 0.25) is 0 Å². The average molecular weight is 319 g/mol. The van der Waals surface area contributed by atoms with Crippen LogP contribution in [0.2, 0.25) is 0 Å². The lowest BCUT2D eigenvalue weighted by atomic mass is 10.1. The number of thioether (sulfide) groups is 1. The summed E-state index contributed by atoms with van der Waals surface area (Å²) in [5, 5.41) is 0. The number of hydrogen-bond donors (Lipinski definition) is 0. The van der Waals surface area contributed by atoms with Gasteiger partial charge in [-0.1, -0.05) is 12.8 Å². The maximum Gasteiger partial charge on any atom is 0.290 e. The van der Waals surface area contributed by atoms with Crippen LogP contribution in [0, 0.1) is 0 Å². The summed E-state index contributed by atoms with van der Waals surface area (Å²) in [6.07, 6.45) is 7.93. The van der Waals surface area contributed by atoms with Gasteiger partial charge in [-0.3, -0.25) is 4.79 Å². The van der Waals surface area contributed by atoms with Crippen molar-refractivity contribution in [2.24, 2.45) is 0 Å². The molecule has 4 nitrogen and oxygen atoms in total. The van der Waals surface area contributed by atoms with Crippen LogP contribution in [0.1, 0.15) is 53.8 Å². The Labute approximate surface area is 134 Å². The van der Waals surface area contributed by atoms with Gasteiger partial charge in [-0.15, -0.1) is 0 Å². The molecular weight excluding hydrogens is 298 g/mol. The Morgan fingerprint density at radius 3 is 3.00 bits per heavy atom. The number of carbonyl (C=O) groups is 1. The molecule has 1 aliphatic heterocycles. The number of amides is 1. The van der Waals surface area contributed by atoms with Gasteiger partial charge in [0.25, 0.3) is 5.91 Å². The molecule has 118 valence electrons. The van der Waals surface area contributed by atoms with Gasteiger partial charge in [-0.05, 0) is 43.4 Å². The highest BCUT2D eigenvalue weighted by Crippen LogP contribution is 2.32. The quantitative estimate of drug-likeness (QED) is 0.833. The van der Waals surface area contributed by atoms with Crippen molar-refractivity contribution in [3.63, 3.8) is 0 Å². The molecule has 5 heteroatoms. The van der Waals surface area contributed by atoms with Crippen LogP contribution in [0.25, 0.3) is 0 Å². The molecule has 0 saturated carbocycles. The van der Waals surface area contributed by atoms with Crippen molar-refractivity contribution in [1.82, 2.24) is 4.90 Å². The van der Waals surface area contributed by atoms with Gasteiger partial charge in [0.05, 0.1) is 18.1 Å². The molecule has 1 aliphatic rings. The molecular formula is C17H21NO3S. The van der Waals surface area contributed by atoms with Crippen LogP contribution in [-0.4, -0.2) is 23.6 Å². The number of rotatable bonds is 4. The van der Waals surface area contributed by atoms with E-state index in [-0.39, 0.29) is 11.9 Å². The summed E-state index contributed by atoms with van der Waals surface area (Å²) in [6.45, 7) is 0.753. The minimum absolute atomic E-state index is 0.0131. The lowest BCUT2D eigenvalue weighted by Gasteiger charge is -2.27. The van der Waals surface area contributed by atoms with Crippen LogP contribution < -0.4 is 0 Å². The summed E-state index contributed by atoms with van der Waals surface area (Å²) in [5.41, 5.74) is 0. The Morgan fingerprint density at radius 1 is 1.32 bits per heavy atom. The molecule has 0 radical (unpaired) electrons. The highest BCUT2D eigenvalue weighted by Gasteiger charge is 2.30. The minimum atomic E-state index is -0.0318. The smallest absolute Gasteiger partial charge is 0.290 e. The summed E-state index contributed by atoms with van der Waals surface area (Å²) < 4.78 is 11.3. The molecule has 0 bridgehead atoms. The number of likely N-dealkylation sites (tertiary alicyclic amines) is 1. The zero-order valence-electron chi connectivity index (χ0n) is 12.8. The van der Waals surface area contributed by atoms with Crippen molar-refractivity contribution in [3.05, 3.63) is 47.8 Å². The van der Waals surface area contributed by atoms with Gasteiger partial charge in [-0.2, -0.15) is 11.8 Å². The number of carbonyl (C=O) groups excluding carboxylic acids is 1. The van der Waals surface area contributed by atoms with Gasteiger partial charge in [0, 0.05) is 6.54 Å². The monoisotopic (exact) mass is 319 g/mol. The van der Waals surface area contributed by atoms with E-state index < -0.39 is 0 Å². The molecule has 22 heavy (non-hydrogen) atoms. The molecule has 1 unspecified atom stereocenters. The topological polar surface area (TPSA) is 46.6 Å². The number of hydrogen-bond acceptors (Lipinski definition) is 4. The van der Waals surface area contributed by atoms with Crippen molar-refractivity contribution in [3.8, 4) is 0 Å². The molecule has 3 heterocycles. The third-order valence-electron chi connectivity index (χ3n) is 4.04. The predicted octanol–water partition coefficient (Wildman–Crippen LogP) is 4.49. The molecule has 1 fully saturated rings. The summed E-state index contributed by atoms with van der Waals surface area (Å²) in [4.78, 5) is 14.8. The second-order valence-corrected chi connectivity index (χ2v) is 6.44. The number of nitrogens with zero attached hydrogens (tertiary/aromatic N) is 1. The molecule has 0 aliphatic carbocycles.